The maximum absolute atomic E-state index is 11.2. The third-order valence-electron chi connectivity index (χ3n) is 1.85. The smallest absolute Gasteiger partial charge is 0.237 e. The summed E-state index contributed by atoms with van der Waals surface area (Å²) in [6.45, 7) is 6.73. The molecule has 72 valence electrons. The number of hydrogen-bond acceptors (Lipinski definition) is 2. The van der Waals surface area contributed by atoms with Gasteiger partial charge < -0.3 is 11.1 Å². The van der Waals surface area contributed by atoms with E-state index in [4.69, 9.17) is 5.73 Å². The highest BCUT2D eigenvalue weighted by Crippen LogP contribution is 1.97. The van der Waals surface area contributed by atoms with Gasteiger partial charge >= 0.3 is 0 Å². The summed E-state index contributed by atoms with van der Waals surface area (Å²) in [5, 5.41) is 2.80. The van der Waals surface area contributed by atoms with Crippen LogP contribution in [0.4, 0.5) is 0 Å². The highest BCUT2D eigenvalue weighted by molar-refractivity contribution is 5.81. The van der Waals surface area contributed by atoms with E-state index in [9.17, 15) is 4.79 Å². The Morgan fingerprint density at radius 1 is 1.50 bits per heavy atom. The summed E-state index contributed by atoms with van der Waals surface area (Å²) >= 11 is 0. The maximum Gasteiger partial charge on any atom is 0.237 e. The van der Waals surface area contributed by atoms with Crippen LogP contribution in [0.5, 0.6) is 0 Å². The molecule has 0 saturated carbocycles. The van der Waals surface area contributed by atoms with E-state index in [-0.39, 0.29) is 17.9 Å². The second-order valence-corrected chi connectivity index (χ2v) is 3.41. The van der Waals surface area contributed by atoms with E-state index in [0.29, 0.717) is 0 Å². The molecule has 0 aromatic heterocycles. The fourth-order valence-corrected chi connectivity index (χ4v) is 0.809. The average Bonchev–Trinajstić information content (AvgIpc) is 2.03. The molecule has 3 nitrogen and oxygen atoms in total. The summed E-state index contributed by atoms with van der Waals surface area (Å²) in [6, 6.07) is -0.359. The summed E-state index contributed by atoms with van der Waals surface area (Å²) in [7, 11) is 0. The van der Waals surface area contributed by atoms with Crippen molar-refractivity contribution in [1.29, 1.82) is 0 Å². The van der Waals surface area contributed by atoms with Crippen LogP contribution in [0.3, 0.4) is 0 Å². The van der Waals surface area contributed by atoms with Crippen LogP contribution in [0.2, 0.25) is 0 Å². The van der Waals surface area contributed by atoms with Crippen molar-refractivity contribution in [3.8, 4) is 0 Å². The van der Waals surface area contributed by atoms with E-state index in [2.05, 4.69) is 12.2 Å². The fourth-order valence-electron chi connectivity index (χ4n) is 0.809. The van der Waals surface area contributed by atoms with Crippen LogP contribution in [0, 0.1) is 5.92 Å². The molecule has 1 amide bonds. The Labute approximate surface area is 74.7 Å². The lowest BCUT2D eigenvalue weighted by atomic mass is 10.1. The highest BCUT2D eigenvalue weighted by Gasteiger charge is 2.15. The molecule has 0 bridgehead atoms. The number of carbonyl (C=O) groups is 1. The minimum Gasteiger partial charge on any atom is -0.355 e. The minimum atomic E-state index is -0.359. The zero-order valence-corrected chi connectivity index (χ0v) is 8.26. The van der Waals surface area contributed by atoms with Gasteiger partial charge in [0.1, 0.15) is 0 Å². The number of carbonyl (C=O) groups excluding carboxylic acids is 1. The Kier molecular flexibility index (Phi) is 5.72. The first-order valence-electron chi connectivity index (χ1n) is 4.62. The van der Waals surface area contributed by atoms with Gasteiger partial charge in [0.05, 0.1) is 6.04 Å². The largest absolute Gasteiger partial charge is 0.355 e. The molecule has 0 heterocycles. The van der Waals surface area contributed by atoms with Gasteiger partial charge in [-0.1, -0.05) is 27.2 Å². The number of nitrogens with one attached hydrogen (secondary N) is 1. The van der Waals surface area contributed by atoms with Crippen molar-refractivity contribution < 1.29 is 4.79 Å². The molecule has 0 aliphatic heterocycles. The van der Waals surface area contributed by atoms with Crippen LogP contribution in [-0.2, 0) is 4.79 Å². The molecule has 0 aliphatic carbocycles. The van der Waals surface area contributed by atoms with Gasteiger partial charge in [-0.25, -0.2) is 0 Å². The number of rotatable bonds is 5. The van der Waals surface area contributed by atoms with Gasteiger partial charge in [0, 0.05) is 6.54 Å². The van der Waals surface area contributed by atoms with Crippen molar-refractivity contribution in [1.82, 2.24) is 5.32 Å². The summed E-state index contributed by atoms with van der Waals surface area (Å²) in [5.41, 5.74) is 5.63. The number of nitrogens with two attached hydrogens (primary N) is 1. The second-order valence-electron chi connectivity index (χ2n) is 3.41. The number of hydrogen-bond donors (Lipinski definition) is 2. The normalized spacial score (nSPS) is 13.1. The maximum atomic E-state index is 11.2. The van der Waals surface area contributed by atoms with Gasteiger partial charge in [0.2, 0.25) is 5.91 Å². The first-order chi connectivity index (χ1) is 5.59. The average molecular weight is 173 g/mol. The third kappa shape index (κ3) is 4.34. The Morgan fingerprint density at radius 2 is 2.08 bits per heavy atom. The van der Waals surface area contributed by atoms with Crippen LogP contribution < -0.4 is 11.1 Å². The predicted molar refractivity (Wildman–Crippen MR) is 50.7 cm³/mol. The monoisotopic (exact) mass is 173 g/mol. The standard InChI is InChI=1S/C9H20N2O/c1-4-5-6-11-9(12)8(10)7(2)3/h7-8H,4-6,10H2,1-3H3,(H,11,12)/t8-/m0/s1/i12+1. The molecule has 0 saturated heterocycles. The predicted octanol–water partition coefficient (Wildman–Crippen LogP) is 0.886. The van der Waals surface area contributed by atoms with E-state index in [1.165, 1.54) is 0 Å². The van der Waals surface area contributed by atoms with Gasteiger partial charge in [-0.05, 0) is 12.3 Å². The molecular weight excluding hydrogens is 153 g/mol. The Balaban J connectivity index is 3.57. The second kappa shape index (κ2) is 6.00. The van der Waals surface area contributed by atoms with Crippen molar-refractivity contribution in [3.05, 3.63) is 0 Å². The molecule has 3 heteroatoms. The first kappa shape index (κ1) is 11.4. The molecular formula is C9H20N2O. The molecule has 0 fully saturated rings. The van der Waals surface area contributed by atoms with E-state index < -0.39 is 0 Å². The molecule has 0 aliphatic rings. The van der Waals surface area contributed by atoms with E-state index in [0.717, 1.165) is 19.4 Å². The molecule has 1 atom stereocenters. The lowest BCUT2D eigenvalue weighted by Crippen LogP contribution is -2.44. The molecule has 0 unspecified atom stereocenters. The Morgan fingerprint density at radius 3 is 2.50 bits per heavy atom. The lowest BCUT2D eigenvalue weighted by Gasteiger charge is -2.14. The van der Waals surface area contributed by atoms with Crippen LogP contribution >= 0.6 is 0 Å². The topological polar surface area (TPSA) is 55.1 Å². The Bertz CT molecular complexity index is 134. The molecule has 12 heavy (non-hydrogen) atoms. The zero-order chi connectivity index (χ0) is 9.56. The molecule has 0 radical (unpaired) electrons. The molecule has 0 aromatic carbocycles. The zero-order valence-electron chi connectivity index (χ0n) is 8.26. The van der Waals surface area contributed by atoms with E-state index in [1.807, 2.05) is 13.8 Å². The van der Waals surface area contributed by atoms with Gasteiger partial charge in [0.25, 0.3) is 0 Å². The Hall–Kier alpha value is -0.570. The summed E-state index contributed by atoms with van der Waals surface area (Å²) in [4.78, 5) is 11.2. The van der Waals surface area contributed by atoms with Crippen LogP contribution in [0.25, 0.3) is 0 Å². The van der Waals surface area contributed by atoms with Crippen molar-refractivity contribution in [2.24, 2.45) is 11.7 Å². The first-order valence-corrected chi connectivity index (χ1v) is 4.62. The molecule has 0 rings (SSSR count). The number of amides is 1. The van der Waals surface area contributed by atoms with Crippen molar-refractivity contribution in [2.75, 3.05) is 6.54 Å². The molecule has 0 aromatic rings. The van der Waals surface area contributed by atoms with Crippen molar-refractivity contribution in [2.45, 2.75) is 39.7 Å². The number of unbranched alkanes of at least 4 members (excludes halogenated alkanes) is 1. The van der Waals surface area contributed by atoms with Gasteiger partial charge in [-0.2, -0.15) is 0 Å². The summed E-state index contributed by atoms with van der Waals surface area (Å²) in [6.07, 6.45) is 2.12. The van der Waals surface area contributed by atoms with Crippen LogP contribution in [0.1, 0.15) is 33.6 Å². The third-order valence-corrected chi connectivity index (χ3v) is 1.85. The quantitative estimate of drug-likeness (QED) is 0.606. The summed E-state index contributed by atoms with van der Waals surface area (Å²) in [5.74, 6) is 0.185. The van der Waals surface area contributed by atoms with E-state index >= 15 is 0 Å². The van der Waals surface area contributed by atoms with Gasteiger partial charge in [-0.3, -0.25) is 4.79 Å². The summed E-state index contributed by atoms with van der Waals surface area (Å²) < 4.78 is 0. The lowest BCUT2D eigenvalue weighted by molar-refractivity contribution is -0.123. The van der Waals surface area contributed by atoms with Crippen molar-refractivity contribution >= 4 is 5.91 Å². The van der Waals surface area contributed by atoms with Crippen LogP contribution in [-0.4, -0.2) is 18.5 Å². The van der Waals surface area contributed by atoms with Crippen molar-refractivity contribution in [3.63, 3.8) is 0 Å². The SMILES string of the molecule is CCCCNC(=[17O])[C@@H](N)C(C)C. The fraction of sp³-hybridized carbons (Fsp3) is 0.889. The van der Waals surface area contributed by atoms with Gasteiger partial charge in [0.15, 0.2) is 0 Å². The molecule has 0 spiro atoms. The van der Waals surface area contributed by atoms with E-state index in [1.54, 1.807) is 0 Å². The molecule has 3 N–H and O–H groups in total. The minimum absolute atomic E-state index is 0.0292. The van der Waals surface area contributed by atoms with Crippen LogP contribution in [0.15, 0.2) is 0 Å². The highest BCUT2D eigenvalue weighted by atomic mass is 17.1. The van der Waals surface area contributed by atoms with Gasteiger partial charge in [-0.15, -0.1) is 0 Å².